The summed E-state index contributed by atoms with van der Waals surface area (Å²) in [5, 5.41) is 4.11. The molecule has 4 aliphatic rings. The number of halogens is 2. The highest BCUT2D eigenvalue weighted by Crippen LogP contribution is 2.59. The van der Waals surface area contributed by atoms with E-state index in [1.807, 2.05) is 13.8 Å². The van der Waals surface area contributed by atoms with E-state index in [1.165, 1.54) is 62.5 Å². The van der Waals surface area contributed by atoms with Crippen LogP contribution in [0.1, 0.15) is 90.2 Å². The maximum Gasteiger partial charge on any atom is 0.368 e. The van der Waals surface area contributed by atoms with Gasteiger partial charge in [-0.3, -0.25) is 38.5 Å². The molecule has 2 unspecified atom stereocenters. The Morgan fingerprint density at radius 2 is 1.43 bits per heavy atom. The molecule has 0 radical (unpaired) electrons. The van der Waals surface area contributed by atoms with Crippen molar-refractivity contribution in [1.82, 2.24) is 20.5 Å². The molecule has 25 heteroatoms. The fourth-order valence-corrected chi connectivity index (χ4v) is 12.1. The van der Waals surface area contributed by atoms with Gasteiger partial charge in [-0.2, -0.15) is 0 Å². The Morgan fingerprint density at radius 1 is 0.789 bits per heavy atom. The molecule has 21 nitrogen and oxygen atoms in total. The van der Waals surface area contributed by atoms with Crippen LogP contribution < -0.4 is 30.5 Å². The number of nitrogens with zero attached hydrogens (tertiary/aromatic N) is 2. The molecule has 0 saturated carbocycles. The zero-order chi connectivity index (χ0) is 54.7. The minimum Gasteiger partial charge on any atom is -0.441 e. The number of benzene rings is 4. The van der Waals surface area contributed by atoms with Crippen LogP contribution in [0.25, 0.3) is 11.1 Å². The number of ether oxygens (including phenoxy) is 6. The number of amides is 3. The number of carbonyl (C=O) groups excluding carboxylic acids is 9. The predicted molar refractivity (Wildman–Crippen MR) is 269 cm³/mol. The normalized spacial score (nSPS) is 17.2. The van der Waals surface area contributed by atoms with Crippen LogP contribution in [0.2, 0.25) is 10.0 Å². The Hall–Kier alpha value is -7.73. The van der Waals surface area contributed by atoms with Crippen LogP contribution in [0.4, 0.5) is 0 Å². The van der Waals surface area contributed by atoms with Gasteiger partial charge >= 0.3 is 41.4 Å². The molecule has 2 N–H and O–H groups in total. The lowest BCUT2D eigenvalue weighted by Gasteiger charge is -2.49. The number of hydrogen-bond acceptors (Lipinski definition) is 20. The summed E-state index contributed by atoms with van der Waals surface area (Å²) in [5.74, 6) is -6.46. The first-order chi connectivity index (χ1) is 36.0. The first-order valence-electron chi connectivity index (χ1n) is 22.7. The van der Waals surface area contributed by atoms with E-state index < -0.39 is 101 Å². The predicted octanol–water partition coefficient (Wildman–Crippen LogP) is 5.61. The number of aromatic nitrogens is 1. The van der Waals surface area contributed by atoms with Gasteiger partial charge in [0.05, 0.1) is 22.2 Å². The molecule has 9 rings (SSSR count). The van der Waals surface area contributed by atoms with E-state index >= 15 is 0 Å². The number of esters is 6. The molecule has 1 spiro atoms. The molecule has 76 heavy (non-hydrogen) atoms. The summed E-state index contributed by atoms with van der Waals surface area (Å²) < 4.78 is 37.6. The number of carbonyl (C=O) groups is 9. The standard InChI is InChI=1S/C51H40Cl2N4O17S2/c1-21(58)68-20-69-49(67)43-25(19-76-46-42(45(64)57(43)46)56-40(62)17-54-44(63)41-48(66)73-39-11-26(70-22(2)59)7-10-36(39)55-41)18-75-27-8-9-29-28(12-27)47(65)74-51(29)32-13-34(52)37(71-23(3)60)15-30(32)50(5,6)31-16-38(72-24(4)61)35(53)14-33(31)51/h7-16,42,46H,17-20H2,1-6H3,(H,54,63)(H,56,62). The molecule has 392 valence electrons. The Balaban J connectivity index is 0.960. The van der Waals surface area contributed by atoms with Gasteiger partial charge in [0.1, 0.15) is 39.9 Å². The molecule has 4 heterocycles. The number of β-lactam (4-membered cyclic amide) rings is 1. The smallest absolute Gasteiger partial charge is 0.368 e. The number of nitrogens with one attached hydrogen (secondary N) is 2. The number of fused-ring (bicyclic) bond motifs is 8. The van der Waals surface area contributed by atoms with Crippen molar-refractivity contribution < 1.29 is 76.0 Å². The molecule has 3 aliphatic heterocycles. The number of hydrogen-bond donors (Lipinski definition) is 2. The molecule has 1 aliphatic carbocycles. The minimum absolute atomic E-state index is 0.0562. The molecule has 4 aromatic carbocycles. The van der Waals surface area contributed by atoms with E-state index in [2.05, 4.69) is 15.6 Å². The third-order valence-electron chi connectivity index (χ3n) is 12.5. The quantitative estimate of drug-likeness (QED) is 0.0476. The van der Waals surface area contributed by atoms with Crippen molar-refractivity contribution in [2.75, 3.05) is 24.8 Å². The second kappa shape index (κ2) is 20.4. The lowest BCUT2D eigenvalue weighted by Crippen LogP contribution is -2.71. The largest absolute Gasteiger partial charge is 0.441 e. The van der Waals surface area contributed by atoms with Crippen LogP contribution in [0, 0.1) is 0 Å². The van der Waals surface area contributed by atoms with Gasteiger partial charge < -0.3 is 43.5 Å². The summed E-state index contributed by atoms with van der Waals surface area (Å²) in [7, 11) is 0. The molecule has 1 aromatic heterocycles. The van der Waals surface area contributed by atoms with Crippen molar-refractivity contribution in [3.63, 3.8) is 0 Å². The van der Waals surface area contributed by atoms with Gasteiger partial charge in [-0.05, 0) is 65.2 Å². The highest BCUT2D eigenvalue weighted by Gasteiger charge is 2.57. The Morgan fingerprint density at radius 3 is 2.05 bits per heavy atom. The first-order valence-corrected chi connectivity index (χ1v) is 25.5. The Labute approximate surface area is 448 Å². The van der Waals surface area contributed by atoms with Crippen molar-refractivity contribution in [2.24, 2.45) is 0 Å². The van der Waals surface area contributed by atoms with Crippen molar-refractivity contribution in [3.8, 4) is 17.2 Å². The van der Waals surface area contributed by atoms with Crippen LogP contribution >= 0.6 is 46.7 Å². The van der Waals surface area contributed by atoms with Crippen molar-refractivity contribution in [3.05, 3.63) is 131 Å². The van der Waals surface area contributed by atoms with Gasteiger partial charge in [-0.1, -0.05) is 43.1 Å². The van der Waals surface area contributed by atoms with Gasteiger partial charge in [-0.15, -0.1) is 23.5 Å². The van der Waals surface area contributed by atoms with E-state index in [0.29, 0.717) is 38.3 Å². The van der Waals surface area contributed by atoms with E-state index in [-0.39, 0.29) is 61.2 Å². The second-order valence-corrected chi connectivity index (χ2v) is 20.9. The SMILES string of the molecule is CC(=O)OCOC(=O)C1=C(CSc2ccc3c(c2)C(=O)OC32c3cc(Cl)c(OC(C)=O)cc3C(C)(C)c3cc(OC(C)=O)c(Cl)cc32)CSC2C(NC(=O)CNC(=O)c3nc4ccc(OC(C)=O)cc4oc3=O)C(=O)N12. The van der Waals surface area contributed by atoms with E-state index in [9.17, 15) is 47.9 Å². The summed E-state index contributed by atoms with van der Waals surface area (Å²) in [4.78, 5) is 133. The van der Waals surface area contributed by atoms with Crippen LogP contribution in [-0.4, -0.2) is 99.7 Å². The average molecular weight is 1120 g/mol. The zero-order valence-electron chi connectivity index (χ0n) is 40.7. The molecule has 0 bridgehead atoms. The van der Waals surface area contributed by atoms with Crippen molar-refractivity contribution in [2.45, 2.75) is 68.9 Å². The maximum absolute atomic E-state index is 14.3. The Bertz CT molecular complexity index is 3470. The summed E-state index contributed by atoms with van der Waals surface area (Å²) in [6, 6.07) is 14.2. The van der Waals surface area contributed by atoms with Crippen molar-refractivity contribution in [1.29, 1.82) is 0 Å². The molecular formula is C51H40Cl2N4O17S2. The summed E-state index contributed by atoms with van der Waals surface area (Å²) in [6.07, 6.45) is 0. The van der Waals surface area contributed by atoms with Gasteiger partial charge in [-0.25, -0.2) is 19.4 Å². The van der Waals surface area contributed by atoms with Crippen LogP contribution in [0.5, 0.6) is 17.2 Å². The molecular weight excluding hydrogens is 1080 g/mol. The minimum atomic E-state index is -1.66. The third kappa shape index (κ3) is 9.74. The first kappa shape index (κ1) is 53.1. The lowest BCUT2D eigenvalue weighted by atomic mass is 9.61. The molecule has 1 saturated heterocycles. The highest BCUT2D eigenvalue weighted by atomic mass is 35.5. The number of thioether (sulfide) groups is 2. The summed E-state index contributed by atoms with van der Waals surface area (Å²) >= 11 is 16.0. The maximum atomic E-state index is 14.3. The third-order valence-corrected chi connectivity index (χ3v) is 15.5. The van der Waals surface area contributed by atoms with E-state index in [0.717, 1.165) is 11.8 Å². The molecule has 5 aromatic rings. The molecule has 3 amide bonds. The van der Waals surface area contributed by atoms with Gasteiger partial charge in [0.2, 0.25) is 18.4 Å². The van der Waals surface area contributed by atoms with E-state index in [1.54, 1.807) is 42.5 Å². The number of rotatable bonds is 13. The van der Waals surface area contributed by atoms with Gasteiger partial charge in [0, 0.05) is 72.3 Å². The van der Waals surface area contributed by atoms with Crippen LogP contribution in [0.3, 0.4) is 0 Å². The Kier molecular flexibility index (Phi) is 14.3. The zero-order valence-corrected chi connectivity index (χ0v) is 43.8. The monoisotopic (exact) mass is 1110 g/mol. The highest BCUT2D eigenvalue weighted by molar-refractivity contribution is 8.01. The topological polar surface area (TPSA) is 279 Å². The van der Waals surface area contributed by atoms with Crippen LogP contribution in [0.15, 0.2) is 86.0 Å². The van der Waals surface area contributed by atoms with Crippen LogP contribution in [-0.2, 0) is 58.8 Å². The fourth-order valence-electron chi connectivity index (χ4n) is 9.23. The summed E-state index contributed by atoms with van der Waals surface area (Å²) in [5.41, 5.74) is -1.48. The molecule has 1 fully saturated rings. The summed E-state index contributed by atoms with van der Waals surface area (Å²) in [6.45, 7) is 7.09. The fraction of sp³-hybridized carbons (Fsp3) is 0.275. The van der Waals surface area contributed by atoms with Crippen molar-refractivity contribution >= 4 is 111 Å². The molecule has 2 atom stereocenters. The second-order valence-electron chi connectivity index (χ2n) is 17.9. The van der Waals surface area contributed by atoms with E-state index in [4.69, 9.17) is 56.0 Å². The lowest BCUT2D eigenvalue weighted by molar-refractivity contribution is -0.166. The average Bonchev–Trinajstić information content (AvgIpc) is 3.82. The van der Waals surface area contributed by atoms with Gasteiger partial charge in [0.15, 0.2) is 11.2 Å². The van der Waals surface area contributed by atoms with Gasteiger partial charge in [0.25, 0.3) is 11.8 Å².